The molecule has 0 aliphatic heterocycles. The molecule has 0 radical (unpaired) electrons. The maximum Gasteiger partial charge on any atom is 0.221 e. The Hall–Kier alpha value is -1.55. The van der Waals surface area contributed by atoms with Crippen molar-refractivity contribution >= 4 is 5.91 Å². The molecule has 0 fully saturated rings. The Balaban J connectivity index is 2.31. The van der Waals surface area contributed by atoms with E-state index in [1.54, 1.807) is 12.1 Å². The van der Waals surface area contributed by atoms with Crippen molar-refractivity contribution in [2.45, 2.75) is 32.7 Å². The van der Waals surface area contributed by atoms with Gasteiger partial charge < -0.3 is 15.7 Å². The molecule has 1 amide bonds. The van der Waals surface area contributed by atoms with Crippen molar-refractivity contribution < 1.29 is 9.90 Å². The third kappa shape index (κ3) is 4.75. The quantitative estimate of drug-likeness (QED) is 0.693. The molecule has 100 valence electrons. The first kappa shape index (κ1) is 14.5. The van der Waals surface area contributed by atoms with Gasteiger partial charge in [-0.2, -0.15) is 0 Å². The van der Waals surface area contributed by atoms with Gasteiger partial charge >= 0.3 is 0 Å². The first-order valence-electron chi connectivity index (χ1n) is 6.43. The van der Waals surface area contributed by atoms with Crippen LogP contribution in [0.2, 0.25) is 0 Å². The number of aromatic hydroxyl groups is 1. The van der Waals surface area contributed by atoms with Crippen LogP contribution in [0.25, 0.3) is 0 Å². The fourth-order valence-corrected chi connectivity index (χ4v) is 1.72. The van der Waals surface area contributed by atoms with Gasteiger partial charge in [-0.25, -0.2) is 0 Å². The number of phenolic OH excluding ortho intramolecular Hbond substituents is 1. The lowest BCUT2D eigenvalue weighted by Crippen LogP contribution is -2.29. The van der Waals surface area contributed by atoms with Crippen LogP contribution in [0.4, 0.5) is 0 Å². The van der Waals surface area contributed by atoms with Gasteiger partial charge in [0, 0.05) is 31.1 Å². The molecular formula is C14H22N2O2. The molecule has 0 saturated heterocycles. The molecule has 0 bridgehead atoms. The maximum atomic E-state index is 11.4. The smallest absolute Gasteiger partial charge is 0.221 e. The number of hydrogen-bond acceptors (Lipinski definition) is 3. The minimum Gasteiger partial charge on any atom is -0.508 e. The van der Waals surface area contributed by atoms with E-state index in [4.69, 9.17) is 0 Å². The van der Waals surface area contributed by atoms with Gasteiger partial charge in [-0.05, 0) is 19.4 Å². The number of phenols is 1. The van der Waals surface area contributed by atoms with Crippen LogP contribution in [0.5, 0.6) is 5.75 Å². The van der Waals surface area contributed by atoms with Gasteiger partial charge in [0.2, 0.25) is 5.91 Å². The maximum absolute atomic E-state index is 11.4. The fourth-order valence-electron chi connectivity index (χ4n) is 1.72. The molecule has 4 nitrogen and oxygen atoms in total. The Morgan fingerprint density at radius 1 is 1.33 bits per heavy atom. The Morgan fingerprint density at radius 2 is 2.06 bits per heavy atom. The number of carbonyl (C=O) groups excluding carboxylic acids is 1. The lowest BCUT2D eigenvalue weighted by molar-refractivity contribution is -0.121. The topological polar surface area (TPSA) is 61.4 Å². The Bertz CT molecular complexity index is 380. The number of nitrogens with one attached hydrogen (secondary N) is 2. The summed E-state index contributed by atoms with van der Waals surface area (Å²) in [5, 5.41) is 15.7. The van der Waals surface area contributed by atoms with Crippen LogP contribution in [0.3, 0.4) is 0 Å². The first-order valence-corrected chi connectivity index (χ1v) is 6.43. The molecule has 0 aliphatic carbocycles. The van der Waals surface area contributed by atoms with E-state index < -0.39 is 0 Å². The predicted molar refractivity (Wildman–Crippen MR) is 72.4 cm³/mol. The monoisotopic (exact) mass is 250 g/mol. The summed E-state index contributed by atoms with van der Waals surface area (Å²) in [5.41, 5.74) is 0.853. The largest absolute Gasteiger partial charge is 0.508 e. The molecule has 1 unspecified atom stereocenters. The summed E-state index contributed by atoms with van der Waals surface area (Å²) in [6.07, 6.45) is 1.41. The summed E-state index contributed by atoms with van der Waals surface area (Å²) < 4.78 is 0. The molecule has 0 heterocycles. The summed E-state index contributed by atoms with van der Waals surface area (Å²) in [6.45, 7) is 5.33. The number of benzene rings is 1. The first-order chi connectivity index (χ1) is 8.65. The zero-order chi connectivity index (χ0) is 13.4. The van der Waals surface area contributed by atoms with Crippen LogP contribution < -0.4 is 10.6 Å². The molecule has 0 aromatic heterocycles. The standard InChI is InChI=1S/C14H22N2O2/c1-3-9-16-14(18)8-10-15-11(2)12-6-4-5-7-13(12)17/h4-7,11,15,17H,3,8-10H2,1-2H3,(H,16,18). The fraction of sp³-hybridized carbons (Fsp3) is 0.500. The van der Waals surface area contributed by atoms with E-state index in [-0.39, 0.29) is 17.7 Å². The molecule has 1 aromatic carbocycles. The molecule has 3 N–H and O–H groups in total. The SMILES string of the molecule is CCCNC(=O)CCNC(C)c1ccccc1O. The van der Waals surface area contributed by atoms with Gasteiger partial charge in [0.15, 0.2) is 0 Å². The van der Waals surface area contributed by atoms with Crippen molar-refractivity contribution in [3.05, 3.63) is 29.8 Å². The zero-order valence-corrected chi connectivity index (χ0v) is 11.1. The summed E-state index contributed by atoms with van der Waals surface area (Å²) in [4.78, 5) is 11.4. The van der Waals surface area contributed by atoms with E-state index in [9.17, 15) is 9.90 Å². The predicted octanol–water partition coefficient (Wildman–Crippen LogP) is 1.96. The summed E-state index contributed by atoms with van der Waals surface area (Å²) in [6, 6.07) is 7.27. The summed E-state index contributed by atoms with van der Waals surface area (Å²) in [7, 11) is 0. The van der Waals surface area contributed by atoms with Crippen molar-refractivity contribution in [3.63, 3.8) is 0 Å². The van der Waals surface area contributed by atoms with Gasteiger partial charge in [-0.15, -0.1) is 0 Å². The highest BCUT2D eigenvalue weighted by Crippen LogP contribution is 2.22. The van der Waals surface area contributed by atoms with Crippen LogP contribution >= 0.6 is 0 Å². The molecule has 4 heteroatoms. The van der Waals surface area contributed by atoms with Crippen LogP contribution in [0.15, 0.2) is 24.3 Å². The van der Waals surface area contributed by atoms with Crippen LogP contribution in [0, 0.1) is 0 Å². The molecule has 1 rings (SSSR count). The number of carbonyl (C=O) groups is 1. The molecule has 0 saturated carbocycles. The lowest BCUT2D eigenvalue weighted by Gasteiger charge is -2.15. The molecule has 0 spiro atoms. The number of rotatable bonds is 7. The van der Waals surface area contributed by atoms with E-state index in [1.165, 1.54) is 0 Å². The Labute approximate surface area is 108 Å². The van der Waals surface area contributed by atoms with Gasteiger partial charge in [-0.3, -0.25) is 4.79 Å². The second-order valence-corrected chi connectivity index (χ2v) is 4.33. The number of para-hydroxylation sites is 1. The molecule has 0 aliphatic rings. The van der Waals surface area contributed by atoms with Crippen LogP contribution in [-0.2, 0) is 4.79 Å². The zero-order valence-electron chi connectivity index (χ0n) is 11.1. The van der Waals surface area contributed by atoms with Crippen molar-refractivity contribution in [1.29, 1.82) is 0 Å². The van der Waals surface area contributed by atoms with Crippen molar-refractivity contribution in [2.75, 3.05) is 13.1 Å². The van der Waals surface area contributed by atoms with Gasteiger partial charge in [0.05, 0.1) is 0 Å². The van der Waals surface area contributed by atoms with E-state index in [1.807, 2.05) is 26.0 Å². The van der Waals surface area contributed by atoms with Crippen molar-refractivity contribution in [2.24, 2.45) is 0 Å². The van der Waals surface area contributed by atoms with Crippen molar-refractivity contribution in [3.8, 4) is 5.75 Å². The summed E-state index contributed by atoms with van der Waals surface area (Å²) >= 11 is 0. The molecular weight excluding hydrogens is 228 g/mol. The van der Waals surface area contributed by atoms with Crippen LogP contribution in [0.1, 0.15) is 38.3 Å². The lowest BCUT2D eigenvalue weighted by atomic mass is 10.1. The molecule has 1 atom stereocenters. The van der Waals surface area contributed by atoms with E-state index >= 15 is 0 Å². The highest BCUT2D eigenvalue weighted by atomic mass is 16.3. The number of hydrogen-bond donors (Lipinski definition) is 3. The normalized spacial score (nSPS) is 12.1. The molecule has 18 heavy (non-hydrogen) atoms. The third-order valence-electron chi connectivity index (χ3n) is 2.78. The van der Waals surface area contributed by atoms with E-state index in [0.717, 1.165) is 18.5 Å². The second-order valence-electron chi connectivity index (χ2n) is 4.33. The second kappa shape index (κ2) is 7.71. The number of amides is 1. The van der Waals surface area contributed by atoms with E-state index in [0.29, 0.717) is 13.0 Å². The van der Waals surface area contributed by atoms with Crippen molar-refractivity contribution in [1.82, 2.24) is 10.6 Å². The highest BCUT2D eigenvalue weighted by Gasteiger charge is 2.09. The Morgan fingerprint density at radius 3 is 2.72 bits per heavy atom. The minimum atomic E-state index is 0.0326. The summed E-state index contributed by atoms with van der Waals surface area (Å²) in [5.74, 6) is 0.349. The Kier molecular flexibility index (Phi) is 6.22. The van der Waals surface area contributed by atoms with Gasteiger partial charge in [0.1, 0.15) is 5.75 Å². The van der Waals surface area contributed by atoms with Crippen LogP contribution in [-0.4, -0.2) is 24.1 Å². The highest BCUT2D eigenvalue weighted by molar-refractivity contribution is 5.75. The average molecular weight is 250 g/mol. The van der Waals surface area contributed by atoms with Gasteiger partial charge in [0.25, 0.3) is 0 Å². The average Bonchev–Trinajstić information content (AvgIpc) is 2.36. The molecule has 1 aromatic rings. The van der Waals surface area contributed by atoms with E-state index in [2.05, 4.69) is 10.6 Å². The van der Waals surface area contributed by atoms with Gasteiger partial charge in [-0.1, -0.05) is 25.1 Å². The minimum absolute atomic E-state index is 0.0326. The third-order valence-corrected chi connectivity index (χ3v) is 2.78.